The lowest BCUT2D eigenvalue weighted by atomic mass is 10.0. The Labute approximate surface area is 116 Å². The molecule has 1 atom stereocenters. The van der Waals surface area contributed by atoms with E-state index in [0.29, 0.717) is 0 Å². The molecule has 0 saturated carbocycles. The maximum atomic E-state index is 6.13. The number of methoxy groups -OCH3 is 1. The standard InChI is InChI=1S/C15H25N3O/c1-4-17-8-10-18(11-9-17)13-6-5-7-14(19-3)15(13)12(2)16/h5-7,12H,4,8-11,16H2,1-3H3. The number of ether oxygens (including phenoxy) is 1. The molecule has 1 aromatic carbocycles. The Bertz CT molecular complexity index is 412. The molecule has 1 fully saturated rings. The van der Waals surface area contributed by atoms with E-state index in [9.17, 15) is 0 Å². The van der Waals surface area contributed by atoms with Crippen LogP contribution in [0.1, 0.15) is 25.5 Å². The summed E-state index contributed by atoms with van der Waals surface area (Å²) in [6.07, 6.45) is 0. The van der Waals surface area contributed by atoms with Gasteiger partial charge in [0.2, 0.25) is 0 Å². The fourth-order valence-electron chi connectivity index (χ4n) is 2.75. The van der Waals surface area contributed by atoms with Crippen molar-refractivity contribution < 1.29 is 4.74 Å². The maximum absolute atomic E-state index is 6.13. The Morgan fingerprint density at radius 2 is 1.95 bits per heavy atom. The molecule has 1 aliphatic rings. The van der Waals surface area contributed by atoms with Crippen LogP contribution in [0.15, 0.2) is 18.2 Å². The van der Waals surface area contributed by atoms with Crippen LogP contribution in [0.4, 0.5) is 5.69 Å². The van der Waals surface area contributed by atoms with Crippen LogP contribution in [0.5, 0.6) is 5.75 Å². The van der Waals surface area contributed by atoms with E-state index in [1.54, 1.807) is 7.11 Å². The van der Waals surface area contributed by atoms with Crippen LogP contribution in [0, 0.1) is 0 Å². The lowest BCUT2D eigenvalue weighted by molar-refractivity contribution is 0.271. The van der Waals surface area contributed by atoms with E-state index in [4.69, 9.17) is 10.5 Å². The summed E-state index contributed by atoms with van der Waals surface area (Å²) in [6, 6.07) is 6.18. The number of nitrogens with two attached hydrogens (primary N) is 1. The van der Waals surface area contributed by atoms with Crippen LogP contribution in [-0.4, -0.2) is 44.7 Å². The van der Waals surface area contributed by atoms with Gasteiger partial charge in [-0.15, -0.1) is 0 Å². The van der Waals surface area contributed by atoms with Crippen molar-refractivity contribution in [2.45, 2.75) is 19.9 Å². The van der Waals surface area contributed by atoms with Crippen LogP contribution in [0.25, 0.3) is 0 Å². The first-order valence-corrected chi connectivity index (χ1v) is 7.07. The molecule has 1 aliphatic heterocycles. The topological polar surface area (TPSA) is 41.7 Å². The van der Waals surface area contributed by atoms with Gasteiger partial charge >= 0.3 is 0 Å². The largest absolute Gasteiger partial charge is 0.496 e. The molecule has 1 unspecified atom stereocenters. The van der Waals surface area contributed by atoms with E-state index < -0.39 is 0 Å². The number of nitrogens with zero attached hydrogens (tertiary/aromatic N) is 2. The van der Waals surface area contributed by atoms with Crippen LogP contribution in [0.2, 0.25) is 0 Å². The smallest absolute Gasteiger partial charge is 0.125 e. The summed E-state index contributed by atoms with van der Waals surface area (Å²) in [7, 11) is 1.71. The summed E-state index contributed by atoms with van der Waals surface area (Å²) in [5.41, 5.74) is 8.48. The van der Waals surface area contributed by atoms with Crippen molar-refractivity contribution in [3.8, 4) is 5.75 Å². The molecule has 106 valence electrons. The molecule has 19 heavy (non-hydrogen) atoms. The van der Waals surface area contributed by atoms with Gasteiger partial charge in [-0.25, -0.2) is 0 Å². The predicted molar refractivity (Wildman–Crippen MR) is 79.9 cm³/mol. The highest BCUT2D eigenvalue weighted by molar-refractivity contribution is 5.61. The van der Waals surface area contributed by atoms with Gasteiger partial charge in [0, 0.05) is 43.5 Å². The Morgan fingerprint density at radius 3 is 2.47 bits per heavy atom. The molecule has 0 aliphatic carbocycles. The number of hydrogen-bond acceptors (Lipinski definition) is 4. The monoisotopic (exact) mass is 263 g/mol. The predicted octanol–water partition coefficient (Wildman–Crippen LogP) is 1.86. The molecule has 0 radical (unpaired) electrons. The fourth-order valence-corrected chi connectivity index (χ4v) is 2.75. The summed E-state index contributed by atoms with van der Waals surface area (Å²) in [5.74, 6) is 0.894. The average molecular weight is 263 g/mol. The molecular formula is C15H25N3O. The van der Waals surface area contributed by atoms with Gasteiger partial charge in [0.1, 0.15) is 5.75 Å². The van der Waals surface area contributed by atoms with Gasteiger partial charge in [-0.1, -0.05) is 13.0 Å². The minimum atomic E-state index is -0.0182. The second kappa shape index (κ2) is 6.26. The molecule has 0 amide bonds. The van der Waals surface area contributed by atoms with E-state index >= 15 is 0 Å². The SMILES string of the molecule is CCN1CCN(c2cccc(OC)c2C(C)N)CC1. The Morgan fingerprint density at radius 1 is 1.26 bits per heavy atom. The minimum Gasteiger partial charge on any atom is -0.496 e. The second-order valence-electron chi connectivity index (χ2n) is 5.10. The highest BCUT2D eigenvalue weighted by Crippen LogP contribution is 2.34. The molecule has 2 rings (SSSR count). The zero-order valence-corrected chi connectivity index (χ0v) is 12.2. The van der Waals surface area contributed by atoms with Gasteiger partial charge < -0.3 is 20.3 Å². The highest BCUT2D eigenvalue weighted by Gasteiger charge is 2.21. The van der Waals surface area contributed by atoms with Crippen LogP contribution in [-0.2, 0) is 0 Å². The van der Waals surface area contributed by atoms with Gasteiger partial charge in [0.15, 0.2) is 0 Å². The number of likely N-dealkylation sites (N-methyl/N-ethyl adjacent to an activating group) is 1. The van der Waals surface area contributed by atoms with E-state index in [0.717, 1.165) is 44.0 Å². The summed E-state index contributed by atoms with van der Waals surface area (Å²) in [4.78, 5) is 4.90. The zero-order valence-electron chi connectivity index (χ0n) is 12.2. The Kier molecular flexibility index (Phi) is 4.66. The summed E-state index contributed by atoms with van der Waals surface area (Å²) in [6.45, 7) is 9.71. The lowest BCUT2D eigenvalue weighted by Crippen LogP contribution is -2.46. The summed E-state index contributed by atoms with van der Waals surface area (Å²) in [5, 5.41) is 0. The first-order valence-electron chi connectivity index (χ1n) is 7.07. The quantitative estimate of drug-likeness (QED) is 0.900. The Balaban J connectivity index is 2.25. The number of anilines is 1. The minimum absolute atomic E-state index is 0.0182. The molecule has 0 spiro atoms. The van der Waals surface area contributed by atoms with Crippen molar-refractivity contribution in [3.05, 3.63) is 23.8 Å². The molecule has 1 heterocycles. The van der Waals surface area contributed by atoms with Gasteiger partial charge in [-0.05, 0) is 25.6 Å². The molecule has 1 saturated heterocycles. The Hall–Kier alpha value is -1.26. The van der Waals surface area contributed by atoms with E-state index in [1.807, 2.05) is 19.1 Å². The highest BCUT2D eigenvalue weighted by atomic mass is 16.5. The third-order valence-corrected chi connectivity index (χ3v) is 3.88. The second-order valence-corrected chi connectivity index (χ2v) is 5.10. The molecule has 4 nitrogen and oxygen atoms in total. The van der Waals surface area contributed by atoms with Crippen molar-refractivity contribution in [1.29, 1.82) is 0 Å². The van der Waals surface area contributed by atoms with Gasteiger partial charge in [-0.2, -0.15) is 0 Å². The summed E-state index contributed by atoms with van der Waals surface area (Å²) >= 11 is 0. The van der Waals surface area contributed by atoms with Gasteiger partial charge in [-0.3, -0.25) is 0 Å². The summed E-state index contributed by atoms with van der Waals surface area (Å²) < 4.78 is 5.46. The number of benzene rings is 1. The maximum Gasteiger partial charge on any atom is 0.125 e. The number of hydrogen-bond donors (Lipinski definition) is 1. The van der Waals surface area contributed by atoms with Crippen molar-refractivity contribution in [2.75, 3.05) is 44.7 Å². The number of rotatable bonds is 4. The molecule has 4 heteroatoms. The van der Waals surface area contributed by atoms with Gasteiger partial charge in [0.25, 0.3) is 0 Å². The third-order valence-electron chi connectivity index (χ3n) is 3.88. The average Bonchev–Trinajstić information content (AvgIpc) is 2.46. The third kappa shape index (κ3) is 3.01. The molecule has 1 aromatic rings. The number of piperazine rings is 1. The van der Waals surface area contributed by atoms with Crippen LogP contribution in [0.3, 0.4) is 0 Å². The molecule has 0 bridgehead atoms. The van der Waals surface area contributed by atoms with Gasteiger partial charge in [0.05, 0.1) is 7.11 Å². The first kappa shape index (κ1) is 14.2. The molecule has 0 aromatic heterocycles. The zero-order chi connectivity index (χ0) is 13.8. The molecule has 2 N–H and O–H groups in total. The van der Waals surface area contributed by atoms with E-state index in [1.165, 1.54) is 5.69 Å². The first-order chi connectivity index (χ1) is 9.17. The van der Waals surface area contributed by atoms with Crippen LogP contribution < -0.4 is 15.4 Å². The van der Waals surface area contributed by atoms with Crippen molar-refractivity contribution in [1.82, 2.24) is 4.90 Å². The van der Waals surface area contributed by atoms with Crippen molar-refractivity contribution in [2.24, 2.45) is 5.73 Å². The van der Waals surface area contributed by atoms with Crippen molar-refractivity contribution >= 4 is 5.69 Å². The van der Waals surface area contributed by atoms with Crippen molar-refractivity contribution in [3.63, 3.8) is 0 Å². The fraction of sp³-hybridized carbons (Fsp3) is 0.600. The van der Waals surface area contributed by atoms with E-state index in [2.05, 4.69) is 22.8 Å². The molecular weight excluding hydrogens is 238 g/mol. The lowest BCUT2D eigenvalue weighted by Gasteiger charge is -2.37. The van der Waals surface area contributed by atoms with Crippen LogP contribution >= 0.6 is 0 Å². The normalized spacial score (nSPS) is 18.4. The van der Waals surface area contributed by atoms with E-state index in [-0.39, 0.29) is 6.04 Å².